The van der Waals surface area contributed by atoms with Gasteiger partial charge in [-0.05, 0) is 19.1 Å². The molecule has 0 aliphatic heterocycles. The van der Waals surface area contributed by atoms with Crippen LogP contribution in [0.1, 0.15) is 12.5 Å². The number of halogens is 2. The molecule has 0 aliphatic carbocycles. The lowest BCUT2D eigenvalue weighted by Crippen LogP contribution is -1.85. The minimum absolute atomic E-state index is 0.485. The van der Waals surface area contributed by atoms with Crippen LogP contribution >= 0.6 is 23.2 Å². The van der Waals surface area contributed by atoms with Crippen molar-refractivity contribution in [3.63, 3.8) is 0 Å². The lowest BCUT2D eigenvalue weighted by molar-refractivity contribution is 0.160. The number of nitrogens with zero attached hydrogens (tertiary/aromatic N) is 1. The van der Waals surface area contributed by atoms with Crippen molar-refractivity contribution >= 4 is 29.4 Å². The molecular weight excluding hydrogens is 209 g/mol. The van der Waals surface area contributed by atoms with Crippen LogP contribution in [-0.2, 0) is 4.84 Å². The molecular formula is C9H8Cl2NO. The van der Waals surface area contributed by atoms with Crippen LogP contribution in [0.2, 0.25) is 10.0 Å². The second-order valence-corrected chi connectivity index (χ2v) is 3.05. The maximum absolute atomic E-state index is 5.86. The van der Waals surface area contributed by atoms with Crippen LogP contribution in [0.3, 0.4) is 0 Å². The molecule has 0 bridgehead atoms. The number of hydrogen-bond donors (Lipinski definition) is 0. The first-order valence-electron chi connectivity index (χ1n) is 3.76. The third-order valence-corrected chi connectivity index (χ3v) is 1.84. The number of hydrogen-bond acceptors (Lipinski definition) is 2. The molecule has 0 aromatic heterocycles. The predicted octanol–water partition coefficient (Wildman–Crippen LogP) is 3.16. The van der Waals surface area contributed by atoms with Gasteiger partial charge in [0.25, 0.3) is 0 Å². The van der Waals surface area contributed by atoms with Crippen LogP contribution in [0, 0.1) is 6.07 Å². The van der Waals surface area contributed by atoms with E-state index >= 15 is 0 Å². The fourth-order valence-corrected chi connectivity index (χ4v) is 1.15. The van der Waals surface area contributed by atoms with Crippen molar-refractivity contribution < 1.29 is 4.84 Å². The van der Waals surface area contributed by atoms with Crippen LogP contribution < -0.4 is 0 Å². The second kappa shape index (κ2) is 5.10. The SMILES string of the molecule is CCON=Cc1c[c]c(Cl)cc1Cl. The van der Waals surface area contributed by atoms with Crippen molar-refractivity contribution in [2.24, 2.45) is 5.16 Å². The summed E-state index contributed by atoms with van der Waals surface area (Å²) >= 11 is 11.5. The summed E-state index contributed by atoms with van der Waals surface area (Å²) in [5.74, 6) is 0. The van der Waals surface area contributed by atoms with E-state index in [-0.39, 0.29) is 0 Å². The zero-order chi connectivity index (χ0) is 9.68. The first-order valence-corrected chi connectivity index (χ1v) is 4.51. The quantitative estimate of drug-likeness (QED) is 0.562. The summed E-state index contributed by atoms with van der Waals surface area (Å²) in [5.41, 5.74) is 0.736. The van der Waals surface area contributed by atoms with Gasteiger partial charge in [0.05, 0.1) is 11.2 Å². The Morgan fingerprint density at radius 1 is 1.62 bits per heavy atom. The Kier molecular flexibility index (Phi) is 4.06. The van der Waals surface area contributed by atoms with Crippen LogP contribution in [0.25, 0.3) is 0 Å². The Morgan fingerprint density at radius 3 is 3.00 bits per heavy atom. The van der Waals surface area contributed by atoms with E-state index in [1.165, 1.54) is 6.21 Å². The molecule has 0 N–H and O–H groups in total. The van der Waals surface area contributed by atoms with Crippen LogP contribution in [-0.4, -0.2) is 12.8 Å². The molecule has 0 saturated heterocycles. The van der Waals surface area contributed by atoms with Gasteiger partial charge in [-0.3, -0.25) is 0 Å². The van der Waals surface area contributed by atoms with Gasteiger partial charge in [0.15, 0.2) is 0 Å². The standard InChI is InChI=1S/C9H8Cl2NO/c1-2-13-12-6-7-3-4-8(10)5-9(7)11/h3,5-6H,2H2,1H3. The van der Waals surface area contributed by atoms with Gasteiger partial charge in [-0.2, -0.15) is 0 Å². The molecule has 0 amide bonds. The highest BCUT2D eigenvalue weighted by Crippen LogP contribution is 2.18. The lowest BCUT2D eigenvalue weighted by Gasteiger charge is -1.97. The average Bonchev–Trinajstić information content (AvgIpc) is 2.09. The molecule has 1 rings (SSSR count). The van der Waals surface area contributed by atoms with E-state index in [9.17, 15) is 0 Å². The molecule has 2 nitrogen and oxygen atoms in total. The largest absolute Gasteiger partial charge is 0.396 e. The molecule has 1 aromatic carbocycles. The molecule has 4 heteroatoms. The maximum Gasteiger partial charge on any atom is 0.114 e. The Balaban J connectivity index is 2.77. The van der Waals surface area contributed by atoms with Gasteiger partial charge in [0, 0.05) is 16.7 Å². The molecule has 1 radical (unpaired) electrons. The number of oxime groups is 1. The van der Waals surface area contributed by atoms with E-state index in [4.69, 9.17) is 28.0 Å². The Hall–Kier alpha value is -0.730. The average molecular weight is 217 g/mol. The predicted molar refractivity (Wildman–Crippen MR) is 54.5 cm³/mol. The summed E-state index contributed by atoms with van der Waals surface area (Å²) in [6, 6.07) is 6.07. The highest BCUT2D eigenvalue weighted by molar-refractivity contribution is 6.36. The lowest BCUT2D eigenvalue weighted by atomic mass is 10.2. The zero-order valence-electron chi connectivity index (χ0n) is 7.05. The van der Waals surface area contributed by atoms with Crippen LogP contribution in [0.4, 0.5) is 0 Å². The highest BCUT2D eigenvalue weighted by atomic mass is 35.5. The van der Waals surface area contributed by atoms with Crippen molar-refractivity contribution in [2.45, 2.75) is 6.92 Å². The summed E-state index contributed by atoms with van der Waals surface area (Å²) in [7, 11) is 0. The van der Waals surface area contributed by atoms with E-state index in [1.54, 1.807) is 12.1 Å². The van der Waals surface area contributed by atoms with E-state index in [0.717, 1.165) is 5.56 Å². The first-order chi connectivity index (χ1) is 6.24. The van der Waals surface area contributed by atoms with Crippen molar-refractivity contribution in [1.29, 1.82) is 0 Å². The van der Waals surface area contributed by atoms with Gasteiger partial charge >= 0.3 is 0 Å². The molecule has 0 heterocycles. The summed E-state index contributed by atoms with van der Waals surface area (Å²) < 4.78 is 0. The molecule has 69 valence electrons. The first kappa shape index (κ1) is 10.4. The van der Waals surface area contributed by atoms with Gasteiger partial charge in [-0.1, -0.05) is 28.4 Å². The highest BCUT2D eigenvalue weighted by Gasteiger charge is 1.97. The summed E-state index contributed by atoms with van der Waals surface area (Å²) in [5, 5.41) is 4.70. The van der Waals surface area contributed by atoms with Gasteiger partial charge in [0.1, 0.15) is 6.61 Å². The molecule has 0 unspecified atom stereocenters. The number of benzene rings is 1. The van der Waals surface area contributed by atoms with Crippen molar-refractivity contribution in [3.8, 4) is 0 Å². The summed E-state index contributed by atoms with van der Waals surface area (Å²) in [6.07, 6.45) is 1.53. The molecule has 0 fully saturated rings. The van der Waals surface area contributed by atoms with E-state index in [1.807, 2.05) is 6.92 Å². The smallest absolute Gasteiger partial charge is 0.114 e. The fraction of sp³-hybridized carbons (Fsp3) is 0.222. The second-order valence-electron chi connectivity index (χ2n) is 2.24. The van der Waals surface area contributed by atoms with Crippen LogP contribution in [0.15, 0.2) is 17.3 Å². The van der Waals surface area contributed by atoms with Crippen molar-refractivity contribution in [2.75, 3.05) is 6.61 Å². The van der Waals surface area contributed by atoms with Crippen molar-refractivity contribution in [3.05, 3.63) is 33.8 Å². The molecule has 13 heavy (non-hydrogen) atoms. The Labute approximate surface area is 87.1 Å². The molecule has 0 aliphatic rings. The number of rotatable bonds is 3. The van der Waals surface area contributed by atoms with Gasteiger partial charge in [0.2, 0.25) is 0 Å². The van der Waals surface area contributed by atoms with Gasteiger partial charge in [-0.15, -0.1) is 0 Å². The van der Waals surface area contributed by atoms with E-state index in [2.05, 4.69) is 11.2 Å². The minimum atomic E-state index is 0.485. The van der Waals surface area contributed by atoms with Crippen molar-refractivity contribution in [1.82, 2.24) is 0 Å². The Bertz CT molecular complexity index is 312. The summed E-state index contributed by atoms with van der Waals surface area (Å²) in [6.45, 7) is 2.39. The fourth-order valence-electron chi connectivity index (χ4n) is 0.719. The molecule has 1 aromatic rings. The third kappa shape index (κ3) is 3.25. The monoisotopic (exact) mass is 216 g/mol. The van der Waals surface area contributed by atoms with E-state index < -0.39 is 0 Å². The van der Waals surface area contributed by atoms with Crippen LogP contribution in [0.5, 0.6) is 0 Å². The third-order valence-electron chi connectivity index (χ3n) is 1.29. The van der Waals surface area contributed by atoms with E-state index in [0.29, 0.717) is 16.7 Å². The normalized spacial score (nSPS) is 10.7. The Morgan fingerprint density at radius 2 is 2.38 bits per heavy atom. The molecule has 0 spiro atoms. The van der Waals surface area contributed by atoms with Gasteiger partial charge in [-0.25, -0.2) is 0 Å². The zero-order valence-corrected chi connectivity index (χ0v) is 8.56. The molecule has 0 saturated carbocycles. The van der Waals surface area contributed by atoms with Gasteiger partial charge < -0.3 is 4.84 Å². The summed E-state index contributed by atoms with van der Waals surface area (Å²) in [4.78, 5) is 4.79. The molecule has 0 atom stereocenters. The maximum atomic E-state index is 5.86. The topological polar surface area (TPSA) is 21.6 Å². The minimum Gasteiger partial charge on any atom is -0.396 e.